The molecule has 1 N–H and O–H groups in total. The van der Waals surface area contributed by atoms with E-state index in [1.807, 2.05) is 19.1 Å². The van der Waals surface area contributed by atoms with Crippen LogP contribution in [0.15, 0.2) is 46.9 Å². The van der Waals surface area contributed by atoms with Crippen LogP contribution in [0.2, 0.25) is 0 Å². The van der Waals surface area contributed by atoms with E-state index < -0.39 is 5.97 Å². The Kier molecular flexibility index (Phi) is 3.81. The summed E-state index contributed by atoms with van der Waals surface area (Å²) >= 11 is 3.34. The number of benzene rings is 2. The normalized spacial score (nSPS) is 10.2. The van der Waals surface area contributed by atoms with Gasteiger partial charge in [-0.3, -0.25) is 4.79 Å². The van der Waals surface area contributed by atoms with E-state index in [2.05, 4.69) is 15.9 Å². The molecular weight excluding hydrogens is 308 g/mol. The van der Waals surface area contributed by atoms with Gasteiger partial charge in [0.1, 0.15) is 0 Å². The lowest BCUT2D eigenvalue weighted by molar-refractivity contribution is 0.0696. The number of carbonyl (C=O) groups excluding carboxylic acids is 1. The predicted molar refractivity (Wildman–Crippen MR) is 75.7 cm³/mol. The highest BCUT2D eigenvalue weighted by molar-refractivity contribution is 9.10. The minimum absolute atomic E-state index is 0.115. The number of rotatable bonds is 3. The lowest BCUT2D eigenvalue weighted by atomic mass is 9.98. The monoisotopic (exact) mass is 318 g/mol. The zero-order chi connectivity index (χ0) is 14.0. The van der Waals surface area contributed by atoms with Crippen molar-refractivity contribution in [2.24, 2.45) is 0 Å². The van der Waals surface area contributed by atoms with E-state index in [1.54, 1.807) is 6.07 Å². The quantitative estimate of drug-likeness (QED) is 0.878. The van der Waals surface area contributed by atoms with Gasteiger partial charge in [-0.2, -0.15) is 0 Å². The molecule has 0 aliphatic heterocycles. The molecule has 2 aromatic rings. The van der Waals surface area contributed by atoms with Gasteiger partial charge >= 0.3 is 5.97 Å². The molecule has 0 saturated heterocycles. The van der Waals surface area contributed by atoms with E-state index in [0.717, 1.165) is 10.0 Å². The van der Waals surface area contributed by atoms with Crippen molar-refractivity contribution >= 4 is 27.7 Å². The molecule has 0 atom stereocenters. The highest BCUT2D eigenvalue weighted by atomic mass is 79.9. The number of halogens is 1. The molecule has 0 fully saturated rings. The Labute approximate surface area is 119 Å². The van der Waals surface area contributed by atoms with Gasteiger partial charge in [0.15, 0.2) is 5.78 Å². The molecule has 0 radical (unpaired) electrons. The Morgan fingerprint density at radius 2 is 1.58 bits per heavy atom. The molecule has 0 heterocycles. The van der Waals surface area contributed by atoms with E-state index in [9.17, 15) is 9.59 Å². The minimum atomic E-state index is -1.00. The molecular formula is C15H11BrO3. The van der Waals surface area contributed by atoms with Gasteiger partial charge in [-0.05, 0) is 36.8 Å². The van der Waals surface area contributed by atoms with Crippen LogP contribution in [-0.4, -0.2) is 16.9 Å². The SMILES string of the molecule is Cc1ccc(Br)cc1C(=O)c1ccc(C(=O)O)cc1. The largest absolute Gasteiger partial charge is 0.478 e. The molecule has 0 aliphatic carbocycles. The first-order valence-electron chi connectivity index (χ1n) is 5.63. The van der Waals surface area contributed by atoms with Gasteiger partial charge in [-0.25, -0.2) is 4.79 Å². The van der Waals surface area contributed by atoms with E-state index in [0.29, 0.717) is 11.1 Å². The standard InChI is InChI=1S/C15H11BrO3/c1-9-2-7-12(16)8-13(9)14(17)10-3-5-11(6-4-10)15(18)19/h2-8H,1H3,(H,18,19). The van der Waals surface area contributed by atoms with Crippen molar-refractivity contribution in [1.82, 2.24) is 0 Å². The average Bonchev–Trinajstić information content (AvgIpc) is 2.41. The lowest BCUT2D eigenvalue weighted by Gasteiger charge is -2.06. The third-order valence-electron chi connectivity index (χ3n) is 2.84. The van der Waals surface area contributed by atoms with E-state index in [1.165, 1.54) is 24.3 Å². The molecule has 0 aromatic heterocycles. The van der Waals surface area contributed by atoms with Gasteiger partial charge in [-0.15, -0.1) is 0 Å². The summed E-state index contributed by atoms with van der Waals surface area (Å²) in [6, 6.07) is 11.4. The summed E-state index contributed by atoms with van der Waals surface area (Å²) in [5, 5.41) is 8.82. The summed E-state index contributed by atoms with van der Waals surface area (Å²) in [6.45, 7) is 1.87. The molecule has 0 saturated carbocycles. The summed E-state index contributed by atoms with van der Waals surface area (Å²) in [5.41, 5.74) is 2.14. The fourth-order valence-electron chi connectivity index (χ4n) is 1.76. The van der Waals surface area contributed by atoms with Gasteiger partial charge < -0.3 is 5.11 Å². The van der Waals surface area contributed by atoms with E-state index >= 15 is 0 Å². The van der Waals surface area contributed by atoms with Crippen molar-refractivity contribution in [3.05, 3.63) is 69.2 Å². The van der Waals surface area contributed by atoms with Crippen LogP contribution in [0.3, 0.4) is 0 Å². The van der Waals surface area contributed by atoms with Crippen molar-refractivity contribution in [3.8, 4) is 0 Å². The molecule has 96 valence electrons. The predicted octanol–water partition coefficient (Wildman–Crippen LogP) is 3.69. The van der Waals surface area contributed by atoms with Gasteiger partial charge in [0.25, 0.3) is 0 Å². The number of hydrogen-bond donors (Lipinski definition) is 1. The summed E-state index contributed by atoms with van der Waals surface area (Å²) < 4.78 is 0.837. The smallest absolute Gasteiger partial charge is 0.335 e. The average molecular weight is 319 g/mol. The van der Waals surface area contributed by atoms with Gasteiger partial charge in [0, 0.05) is 15.6 Å². The van der Waals surface area contributed by atoms with Crippen LogP contribution in [0.4, 0.5) is 0 Å². The Bertz CT molecular complexity index is 645. The molecule has 2 rings (SSSR count). The third-order valence-corrected chi connectivity index (χ3v) is 3.33. The molecule has 0 bridgehead atoms. The Morgan fingerprint density at radius 3 is 2.16 bits per heavy atom. The lowest BCUT2D eigenvalue weighted by Crippen LogP contribution is -2.05. The zero-order valence-electron chi connectivity index (χ0n) is 10.2. The first-order chi connectivity index (χ1) is 8.99. The van der Waals surface area contributed by atoms with Gasteiger partial charge in [-0.1, -0.05) is 34.1 Å². The zero-order valence-corrected chi connectivity index (χ0v) is 11.8. The molecule has 0 amide bonds. The maximum absolute atomic E-state index is 12.3. The maximum atomic E-state index is 12.3. The highest BCUT2D eigenvalue weighted by Gasteiger charge is 2.13. The maximum Gasteiger partial charge on any atom is 0.335 e. The minimum Gasteiger partial charge on any atom is -0.478 e. The number of carboxylic acids is 1. The van der Waals surface area contributed by atoms with Crippen LogP contribution in [0.25, 0.3) is 0 Å². The molecule has 0 unspecified atom stereocenters. The first kappa shape index (κ1) is 13.5. The Balaban J connectivity index is 2.38. The second-order valence-electron chi connectivity index (χ2n) is 4.17. The first-order valence-corrected chi connectivity index (χ1v) is 6.42. The van der Waals surface area contributed by atoms with Crippen molar-refractivity contribution in [2.75, 3.05) is 0 Å². The summed E-state index contributed by atoms with van der Waals surface area (Å²) in [6.07, 6.45) is 0. The summed E-state index contributed by atoms with van der Waals surface area (Å²) in [4.78, 5) is 23.1. The van der Waals surface area contributed by atoms with Gasteiger partial charge in [0.2, 0.25) is 0 Å². The van der Waals surface area contributed by atoms with Crippen LogP contribution in [0.5, 0.6) is 0 Å². The molecule has 2 aromatic carbocycles. The number of aryl methyl sites for hydroxylation is 1. The topological polar surface area (TPSA) is 54.4 Å². The highest BCUT2D eigenvalue weighted by Crippen LogP contribution is 2.19. The second-order valence-corrected chi connectivity index (χ2v) is 5.09. The van der Waals surface area contributed by atoms with Crippen LogP contribution < -0.4 is 0 Å². The number of carbonyl (C=O) groups is 2. The van der Waals surface area contributed by atoms with E-state index in [-0.39, 0.29) is 11.3 Å². The molecule has 0 aliphatic rings. The van der Waals surface area contributed by atoms with Gasteiger partial charge in [0.05, 0.1) is 5.56 Å². The van der Waals surface area contributed by atoms with E-state index in [4.69, 9.17) is 5.11 Å². The Morgan fingerprint density at radius 1 is 1.00 bits per heavy atom. The fraction of sp³-hybridized carbons (Fsp3) is 0.0667. The number of carboxylic acid groups (broad SMARTS) is 1. The van der Waals surface area contributed by atoms with Crippen molar-refractivity contribution in [2.45, 2.75) is 6.92 Å². The van der Waals surface area contributed by atoms with Crippen molar-refractivity contribution in [3.63, 3.8) is 0 Å². The number of hydrogen-bond acceptors (Lipinski definition) is 2. The van der Waals surface area contributed by atoms with Crippen LogP contribution in [-0.2, 0) is 0 Å². The number of ketones is 1. The second kappa shape index (κ2) is 5.36. The van der Waals surface area contributed by atoms with Crippen LogP contribution in [0, 0.1) is 6.92 Å². The van der Waals surface area contributed by atoms with Crippen LogP contribution in [0.1, 0.15) is 31.8 Å². The third kappa shape index (κ3) is 2.90. The number of aromatic carboxylic acids is 1. The molecule has 0 spiro atoms. The molecule has 19 heavy (non-hydrogen) atoms. The summed E-state index contributed by atoms with van der Waals surface area (Å²) in [5.74, 6) is -1.12. The Hall–Kier alpha value is -1.94. The fourth-order valence-corrected chi connectivity index (χ4v) is 2.12. The molecule has 4 heteroatoms. The van der Waals surface area contributed by atoms with Crippen molar-refractivity contribution < 1.29 is 14.7 Å². The van der Waals surface area contributed by atoms with Crippen molar-refractivity contribution in [1.29, 1.82) is 0 Å². The summed E-state index contributed by atoms with van der Waals surface area (Å²) in [7, 11) is 0. The molecule has 3 nitrogen and oxygen atoms in total. The van der Waals surface area contributed by atoms with Crippen LogP contribution >= 0.6 is 15.9 Å².